The first-order chi connectivity index (χ1) is 10.5. The SMILES string of the molecule is Cc1cc(C)c(NC(=O)C[NH+](C)Cc2ccccc2)c(Cl)c1. The van der Waals surface area contributed by atoms with Gasteiger partial charge < -0.3 is 10.2 Å². The predicted octanol–water partition coefficient (Wildman–Crippen LogP) is 2.61. The molecule has 2 aromatic carbocycles. The van der Waals surface area contributed by atoms with Crippen LogP contribution in [0.4, 0.5) is 5.69 Å². The average molecular weight is 318 g/mol. The van der Waals surface area contributed by atoms with Gasteiger partial charge in [-0.1, -0.05) is 48.0 Å². The number of nitrogens with one attached hydrogen (secondary N) is 2. The summed E-state index contributed by atoms with van der Waals surface area (Å²) in [6.45, 7) is 5.16. The fraction of sp³-hybridized carbons (Fsp3) is 0.278. The summed E-state index contributed by atoms with van der Waals surface area (Å²) in [6, 6.07) is 14.0. The Morgan fingerprint density at radius 2 is 1.86 bits per heavy atom. The molecule has 1 atom stereocenters. The van der Waals surface area contributed by atoms with Gasteiger partial charge in [-0.3, -0.25) is 4.79 Å². The van der Waals surface area contributed by atoms with Gasteiger partial charge in [0.05, 0.1) is 17.8 Å². The summed E-state index contributed by atoms with van der Waals surface area (Å²) in [6.07, 6.45) is 0. The fourth-order valence-corrected chi connectivity index (χ4v) is 2.91. The van der Waals surface area contributed by atoms with Crippen LogP contribution in [0.5, 0.6) is 0 Å². The van der Waals surface area contributed by atoms with Crippen molar-refractivity contribution in [2.24, 2.45) is 0 Å². The summed E-state index contributed by atoms with van der Waals surface area (Å²) in [5, 5.41) is 3.52. The van der Waals surface area contributed by atoms with Crippen LogP contribution in [0.25, 0.3) is 0 Å². The van der Waals surface area contributed by atoms with Gasteiger partial charge in [-0.2, -0.15) is 0 Å². The lowest BCUT2D eigenvalue weighted by molar-refractivity contribution is -0.885. The molecular formula is C18H22ClN2O+. The number of likely N-dealkylation sites (N-methyl/N-ethyl adjacent to an activating group) is 1. The van der Waals surface area contributed by atoms with E-state index in [0.717, 1.165) is 22.6 Å². The van der Waals surface area contributed by atoms with Crippen LogP contribution in [0.1, 0.15) is 16.7 Å². The van der Waals surface area contributed by atoms with Crippen LogP contribution in [-0.4, -0.2) is 19.5 Å². The lowest BCUT2D eigenvalue weighted by Crippen LogP contribution is -3.08. The van der Waals surface area contributed by atoms with Crippen molar-refractivity contribution in [1.82, 2.24) is 0 Å². The van der Waals surface area contributed by atoms with Crippen molar-refractivity contribution in [3.63, 3.8) is 0 Å². The largest absolute Gasteiger partial charge is 0.326 e. The van der Waals surface area contributed by atoms with E-state index in [9.17, 15) is 4.79 Å². The predicted molar refractivity (Wildman–Crippen MR) is 91.5 cm³/mol. The molecule has 116 valence electrons. The van der Waals surface area contributed by atoms with Crippen molar-refractivity contribution < 1.29 is 9.69 Å². The Kier molecular flexibility index (Phi) is 5.58. The van der Waals surface area contributed by atoms with Crippen LogP contribution >= 0.6 is 11.6 Å². The van der Waals surface area contributed by atoms with Crippen molar-refractivity contribution in [3.05, 3.63) is 64.2 Å². The highest BCUT2D eigenvalue weighted by Crippen LogP contribution is 2.27. The van der Waals surface area contributed by atoms with Gasteiger partial charge >= 0.3 is 0 Å². The average Bonchev–Trinajstić information content (AvgIpc) is 2.43. The number of carbonyl (C=O) groups excluding carboxylic acids is 1. The van der Waals surface area contributed by atoms with Gasteiger partial charge in [0.15, 0.2) is 6.54 Å². The molecule has 22 heavy (non-hydrogen) atoms. The molecule has 2 rings (SSSR count). The molecule has 3 nitrogen and oxygen atoms in total. The van der Waals surface area contributed by atoms with Crippen LogP contribution in [0, 0.1) is 13.8 Å². The third-order valence-corrected chi connectivity index (χ3v) is 3.81. The zero-order chi connectivity index (χ0) is 16.1. The molecule has 0 saturated heterocycles. The third kappa shape index (κ3) is 4.58. The normalized spacial score (nSPS) is 12.0. The van der Waals surface area contributed by atoms with E-state index in [4.69, 9.17) is 11.6 Å². The zero-order valence-electron chi connectivity index (χ0n) is 13.2. The topological polar surface area (TPSA) is 33.5 Å². The van der Waals surface area contributed by atoms with Gasteiger partial charge in [0.25, 0.3) is 5.91 Å². The molecule has 0 radical (unpaired) electrons. The minimum absolute atomic E-state index is 0.0257. The summed E-state index contributed by atoms with van der Waals surface area (Å²) in [5.74, 6) is -0.0257. The first kappa shape index (κ1) is 16.5. The van der Waals surface area contributed by atoms with Crippen LogP contribution < -0.4 is 10.2 Å². The summed E-state index contributed by atoms with van der Waals surface area (Å²) in [4.78, 5) is 13.3. The number of hydrogen-bond donors (Lipinski definition) is 2. The molecule has 2 N–H and O–H groups in total. The van der Waals surface area contributed by atoms with Crippen LogP contribution in [0.15, 0.2) is 42.5 Å². The number of hydrogen-bond acceptors (Lipinski definition) is 1. The molecule has 1 amide bonds. The Balaban J connectivity index is 1.96. The second-order valence-corrected chi connectivity index (χ2v) is 6.19. The maximum Gasteiger partial charge on any atom is 0.279 e. The molecular weight excluding hydrogens is 296 g/mol. The van der Waals surface area contributed by atoms with E-state index in [-0.39, 0.29) is 5.91 Å². The van der Waals surface area contributed by atoms with Crippen LogP contribution in [0.3, 0.4) is 0 Å². The Hall–Kier alpha value is -1.84. The van der Waals surface area contributed by atoms with Gasteiger partial charge in [-0.15, -0.1) is 0 Å². The van der Waals surface area contributed by atoms with E-state index >= 15 is 0 Å². The Morgan fingerprint density at radius 3 is 2.50 bits per heavy atom. The second-order valence-electron chi connectivity index (χ2n) is 5.78. The van der Waals surface area contributed by atoms with Crippen molar-refractivity contribution in [2.45, 2.75) is 20.4 Å². The standard InChI is InChI=1S/C18H21ClN2O/c1-13-9-14(2)18(16(19)10-13)20-17(22)12-21(3)11-15-7-5-4-6-8-15/h4-10H,11-12H2,1-3H3,(H,20,22)/p+1. The van der Waals surface area contributed by atoms with E-state index in [2.05, 4.69) is 17.4 Å². The highest BCUT2D eigenvalue weighted by molar-refractivity contribution is 6.34. The molecule has 4 heteroatoms. The van der Waals surface area contributed by atoms with Crippen molar-refractivity contribution in [3.8, 4) is 0 Å². The smallest absolute Gasteiger partial charge is 0.279 e. The molecule has 0 aliphatic rings. The molecule has 0 bridgehead atoms. The fourth-order valence-electron chi connectivity index (χ4n) is 2.54. The summed E-state index contributed by atoms with van der Waals surface area (Å²) in [5.41, 5.74) is 4.01. The Bertz CT molecular complexity index is 632. The molecule has 0 aromatic heterocycles. The first-order valence-electron chi connectivity index (χ1n) is 7.37. The van der Waals surface area contributed by atoms with Crippen molar-refractivity contribution in [1.29, 1.82) is 0 Å². The third-order valence-electron chi connectivity index (χ3n) is 3.51. The molecule has 0 aliphatic carbocycles. The number of aryl methyl sites for hydroxylation is 2. The summed E-state index contributed by atoms with van der Waals surface area (Å²) in [7, 11) is 2.01. The van der Waals surface area contributed by atoms with Crippen molar-refractivity contribution >= 4 is 23.2 Å². The monoisotopic (exact) mass is 317 g/mol. The number of benzene rings is 2. The summed E-state index contributed by atoms with van der Waals surface area (Å²) >= 11 is 6.22. The quantitative estimate of drug-likeness (QED) is 0.873. The molecule has 0 aliphatic heterocycles. The lowest BCUT2D eigenvalue weighted by Gasteiger charge is -2.15. The maximum absolute atomic E-state index is 12.2. The number of amides is 1. The van der Waals surface area contributed by atoms with E-state index in [1.54, 1.807) is 0 Å². The van der Waals surface area contributed by atoms with Crippen LogP contribution in [0.2, 0.25) is 5.02 Å². The van der Waals surface area contributed by atoms with Gasteiger partial charge in [0.2, 0.25) is 0 Å². The van der Waals surface area contributed by atoms with Gasteiger partial charge in [0, 0.05) is 5.56 Å². The van der Waals surface area contributed by atoms with Gasteiger partial charge in [-0.25, -0.2) is 0 Å². The molecule has 2 aromatic rings. The first-order valence-corrected chi connectivity index (χ1v) is 7.75. The number of anilines is 1. The Morgan fingerprint density at radius 1 is 1.18 bits per heavy atom. The minimum atomic E-state index is -0.0257. The van der Waals surface area contributed by atoms with Gasteiger partial charge in [-0.05, 0) is 31.0 Å². The molecule has 0 spiro atoms. The number of quaternary nitrogens is 1. The molecule has 0 heterocycles. The molecule has 1 unspecified atom stereocenters. The molecule has 0 saturated carbocycles. The maximum atomic E-state index is 12.2. The van der Waals surface area contributed by atoms with E-state index in [0.29, 0.717) is 17.3 Å². The number of carbonyl (C=O) groups is 1. The molecule has 0 fully saturated rings. The lowest BCUT2D eigenvalue weighted by atomic mass is 10.1. The highest BCUT2D eigenvalue weighted by atomic mass is 35.5. The van der Waals surface area contributed by atoms with E-state index in [1.807, 2.05) is 51.2 Å². The van der Waals surface area contributed by atoms with Gasteiger partial charge in [0.1, 0.15) is 6.54 Å². The van der Waals surface area contributed by atoms with E-state index in [1.165, 1.54) is 5.56 Å². The highest BCUT2D eigenvalue weighted by Gasteiger charge is 2.14. The minimum Gasteiger partial charge on any atom is -0.326 e. The van der Waals surface area contributed by atoms with Crippen molar-refractivity contribution in [2.75, 3.05) is 18.9 Å². The Labute approximate surface area is 136 Å². The van der Waals surface area contributed by atoms with E-state index < -0.39 is 0 Å². The summed E-state index contributed by atoms with van der Waals surface area (Å²) < 4.78 is 0. The zero-order valence-corrected chi connectivity index (χ0v) is 14.0. The number of halogens is 1. The van der Waals surface area contributed by atoms with Crippen LogP contribution in [-0.2, 0) is 11.3 Å². The number of rotatable bonds is 5. The second kappa shape index (κ2) is 7.43.